The van der Waals surface area contributed by atoms with Crippen molar-refractivity contribution in [2.45, 2.75) is 6.42 Å². The molecule has 0 N–H and O–H groups in total. The summed E-state index contributed by atoms with van der Waals surface area (Å²) in [4.78, 5) is 18.9. The van der Waals surface area contributed by atoms with E-state index in [1.54, 1.807) is 0 Å². The summed E-state index contributed by atoms with van der Waals surface area (Å²) in [5, 5.41) is 0.709. The van der Waals surface area contributed by atoms with Crippen molar-refractivity contribution in [2.75, 3.05) is 53.4 Å². The first-order chi connectivity index (χ1) is 10.0. The molecule has 1 aromatic rings. The summed E-state index contributed by atoms with van der Waals surface area (Å²) in [6, 6.07) is 7.52. The maximum atomic E-state index is 12.3. The Labute approximate surface area is 132 Å². The van der Waals surface area contributed by atoms with E-state index in [1.165, 1.54) is 0 Å². The van der Waals surface area contributed by atoms with E-state index in [-0.39, 0.29) is 5.91 Å². The molecule has 116 valence electrons. The van der Waals surface area contributed by atoms with Crippen molar-refractivity contribution < 1.29 is 4.79 Å². The van der Waals surface area contributed by atoms with Gasteiger partial charge in [0.25, 0.3) is 0 Å². The van der Waals surface area contributed by atoms with Gasteiger partial charge in [-0.15, -0.1) is 0 Å². The molecule has 0 unspecified atom stereocenters. The van der Waals surface area contributed by atoms with Crippen molar-refractivity contribution in [1.82, 2.24) is 14.7 Å². The Morgan fingerprint density at radius 1 is 1.14 bits per heavy atom. The van der Waals surface area contributed by atoms with Gasteiger partial charge in [0.15, 0.2) is 0 Å². The third kappa shape index (κ3) is 5.30. The molecule has 1 aliphatic heterocycles. The maximum Gasteiger partial charge on any atom is 0.227 e. The highest BCUT2D eigenvalue weighted by Crippen LogP contribution is 2.11. The SMILES string of the molecule is CN(C)CCN1CCN(C(=O)Cc2ccc(Cl)cc2)CC1. The summed E-state index contributed by atoms with van der Waals surface area (Å²) in [6.45, 7) is 5.75. The molecule has 0 bridgehead atoms. The lowest BCUT2D eigenvalue weighted by Crippen LogP contribution is -2.50. The van der Waals surface area contributed by atoms with E-state index >= 15 is 0 Å². The zero-order chi connectivity index (χ0) is 15.2. The first-order valence-corrected chi connectivity index (χ1v) is 7.81. The highest BCUT2D eigenvalue weighted by atomic mass is 35.5. The van der Waals surface area contributed by atoms with Crippen LogP contribution in [0.25, 0.3) is 0 Å². The Bertz CT molecular complexity index is 453. The Balaban J connectivity index is 1.76. The number of halogens is 1. The third-order valence-corrected chi connectivity index (χ3v) is 4.11. The number of carbonyl (C=O) groups excluding carboxylic acids is 1. The third-order valence-electron chi connectivity index (χ3n) is 3.86. The number of amides is 1. The molecule has 0 aromatic heterocycles. The van der Waals surface area contributed by atoms with Crippen LogP contribution in [-0.4, -0.2) is 74.0 Å². The molecule has 1 heterocycles. The molecular formula is C16H24ClN3O. The van der Waals surface area contributed by atoms with Crippen LogP contribution in [0.2, 0.25) is 5.02 Å². The normalized spacial score (nSPS) is 16.5. The van der Waals surface area contributed by atoms with Crippen molar-refractivity contribution in [3.63, 3.8) is 0 Å². The molecular weight excluding hydrogens is 286 g/mol. The van der Waals surface area contributed by atoms with Gasteiger partial charge < -0.3 is 9.80 Å². The van der Waals surface area contributed by atoms with Crippen LogP contribution < -0.4 is 0 Å². The van der Waals surface area contributed by atoms with Crippen molar-refractivity contribution >= 4 is 17.5 Å². The summed E-state index contributed by atoms with van der Waals surface area (Å²) in [7, 11) is 4.18. The van der Waals surface area contributed by atoms with Gasteiger partial charge in [-0.05, 0) is 31.8 Å². The molecule has 2 rings (SSSR count). The summed E-state index contributed by atoms with van der Waals surface area (Å²) in [5.41, 5.74) is 1.03. The standard InChI is InChI=1S/C16H24ClN3O/c1-18(2)7-8-19-9-11-20(12-10-19)16(21)13-14-3-5-15(17)6-4-14/h3-6H,7-13H2,1-2H3. The van der Waals surface area contributed by atoms with Crippen molar-refractivity contribution in [1.29, 1.82) is 0 Å². The Hall–Kier alpha value is -1.10. The van der Waals surface area contributed by atoms with E-state index in [4.69, 9.17) is 11.6 Å². The Morgan fingerprint density at radius 3 is 2.33 bits per heavy atom. The fourth-order valence-electron chi connectivity index (χ4n) is 2.45. The van der Waals surface area contributed by atoms with Crippen LogP contribution in [0, 0.1) is 0 Å². The van der Waals surface area contributed by atoms with E-state index in [0.29, 0.717) is 11.4 Å². The highest BCUT2D eigenvalue weighted by Gasteiger charge is 2.20. The summed E-state index contributed by atoms with van der Waals surface area (Å²) in [6.07, 6.45) is 0.467. The average molecular weight is 310 g/mol. The number of rotatable bonds is 5. The second kappa shape index (κ2) is 7.78. The van der Waals surface area contributed by atoms with Crippen LogP contribution in [0.5, 0.6) is 0 Å². The number of carbonyl (C=O) groups is 1. The van der Waals surface area contributed by atoms with Gasteiger partial charge >= 0.3 is 0 Å². The second-order valence-electron chi connectivity index (χ2n) is 5.83. The number of nitrogens with zero attached hydrogens (tertiary/aromatic N) is 3. The number of hydrogen-bond acceptors (Lipinski definition) is 3. The van der Waals surface area contributed by atoms with Crippen molar-refractivity contribution in [3.8, 4) is 0 Å². The lowest BCUT2D eigenvalue weighted by Gasteiger charge is -2.35. The van der Waals surface area contributed by atoms with Gasteiger partial charge in [-0.3, -0.25) is 9.69 Å². The minimum Gasteiger partial charge on any atom is -0.340 e. The van der Waals surface area contributed by atoms with Gasteiger partial charge in [0.2, 0.25) is 5.91 Å². The number of benzene rings is 1. The first kappa shape index (κ1) is 16.3. The molecule has 0 saturated carbocycles. The van der Waals surface area contributed by atoms with E-state index in [1.807, 2.05) is 29.2 Å². The fourth-order valence-corrected chi connectivity index (χ4v) is 2.58. The van der Waals surface area contributed by atoms with Gasteiger partial charge in [-0.1, -0.05) is 23.7 Å². The van der Waals surface area contributed by atoms with Crippen molar-refractivity contribution in [2.24, 2.45) is 0 Å². The minimum absolute atomic E-state index is 0.213. The molecule has 21 heavy (non-hydrogen) atoms. The van der Waals surface area contributed by atoms with Crippen LogP contribution in [0.4, 0.5) is 0 Å². The average Bonchev–Trinajstić information content (AvgIpc) is 2.48. The molecule has 0 aliphatic carbocycles. The Kier molecular flexibility index (Phi) is 6.03. The molecule has 1 amide bonds. The molecule has 0 spiro atoms. The lowest BCUT2D eigenvalue weighted by molar-refractivity contribution is -0.132. The fraction of sp³-hybridized carbons (Fsp3) is 0.562. The number of hydrogen-bond donors (Lipinski definition) is 0. The first-order valence-electron chi connectivity index (χ1n) is 7.44. The van der Waals surface area contributed by atoms with Gasteiger partial charge in [0.05, 0.1) is 6.42 Å². The van der Waals surface area contributed by atoms with E-state index in [0.717, 1.165) is 44.8 Å². The predicted molar refractivity (Wildman–Crippen MR) is 86.7 cm³/mol. The van der Waals surface area contributed by atoms with Gasteiger partial charge in [0, 0.05) is 44.3 Å². The molecule has 1 aliphatic rings. The summed E-state index contributed by atoms with van der Waals surface area (Å²) >= 11 is 5.86. The smallest absolute Gasteiger partial charge is 0.227 e. The van der Waals surface area contributed by atoms with E-state index < -0.39 is 0 Å². The van der Waals surface area contributed by atoms with E-state index in [9.17, 15) is 4.79 Å². The summed E-state index contributed by atoms with van der Waals surface area (Å²) < 4.78 is 0. The van der Waals surface area contributed by atoms with Crippen LogP contribution in [-0.2, 0) is 11.2 Å². The Morgan fingerprint density at radius 2 is 1.76 bits per heavy atom. The monoisotopic (exact) mass is 309 g/mol. The van der Waals surface area contributed by atoms with Crippen LogP contribution >= 0.6 is 11.6 Å². The molecule has 4 nitrogen and oxygen atoms in total. The van der Waals surface area contributed by atoms with Gasteiger partial charge in [-0.2, -0.15) is 0 Å². The number of piperazine rings is 1. The van der Waals surface area contributed by atoms with Gasteiger partial charge in [0.1, 0.15) is 0 Å². The summed E-state index contributed by atoms with van der Waals surface area (Å²) in [5.74, 6) is 0.213. The van der Waals surface area contributed by atoms with Crippen LogP contribution in [0.15, 0.2) is 24.3 Å². The largest absolute Gasteiger partial charge is 0.340 e. The minimum atomic E-state index is 0.213. The molecule has 1 saturated heterocycles. The molecule has 5 heteroatoms. The zero-order valence-electron chi connectivity index (χ0n) is 12.9. The van der Waals surface area contributed by atoms with E-state index in [2.05, 4.69) is 23.9 Å². The lowest BCUT2D eigenvalue weighted by atomic mass is 10.1. The highest BCUT2D eigenvalue weighted by molar-refractivity contribution is 6.30. The number of likely N-dealkylation sites (N-methyl/N-ethyl adjacent to an activating group) is 1. The van der Waals surface area contributed by atoms with Gasteiger partial charge in [-0.25, -0.2) is 0 Å². The zero-order valence-corrected chi connectivity index (χ0v) is 13.6. The van der Waals surface area contributed by atoms with Crippen LogP contribution in [0.3, 0.4) is 0 Å². The maximum absolute atomic E-state index is 12.3. The molecule has 1 aromatic carbocycles. The topological polar surface area (TPSA) is 26.8 Å². The molecule has 1 fully saturated rings. The molecule has 0 atom stereocenters. The predicted octanol–water partition coefficient (Wildman–Crippen LogP) is 1.59. The van der Waals surface area contributed by atoms with Crippen molar-refractivity contribution in [3.05, 3.63) is 34.9 Å². The quantitative estimate of drug-likeness (QED) is 0.826. The van der Waals surface area contributed by atoms with Crippen LogP contribution in [0.1, 0.15) is 5.56 Å². The second-order valence-corrected chi connectivity index (χ2v) is 6.27. The molecule has 0 radical (unpaired) electrons.